The first-order valence-electron chi connectivity index (χ1n) is 7.67. The molecule has 4 nitrogen and oxygen atoms in total. The Kier molecular flexibility index (Phi) is 5.60. The second kappa shape index (κ2) is 6.59. The van der Waals surface area contributed by atoms with Crippen molar-refractivity contribution in [3.05, 3.63) is 0 Å². The van der Waals surface area contributed by atoms with E-state index in [-0.39, 0.29) is 23.8 Å². The highest BCUT2D eigenvalue weighted by Crippen LogP contribution is 2.36. The van der Waals surface area contributed by atoms with Gasteiger partial charge in [0.15, 0.2) is 0 Å². The lowest BCUT2D eigenvalue weighted by atomic mass is 9.74. The first-order valence-corrected chi connectivity index (χ1v) is 7.67. The molecule has 0 bridgehead atoms. The van der Waals surface area contributed by atoms with E-state index in [1.807, 2.05) is 0 Å². The first kappa shape index (κ1) is 17.0. The predicted octanol–water partition coefficient (Wildman–Crippen LogP) is 3.21. The zero-order chi connectivity index (χ0) is 15.4. The number of hydrogen-bond donors (Lipinski definition) is 2. The van der Waals surface area contributed by atoms with Crippen LogP contribution in [-0.4, -0.2) is 23.5 Å². The van der Waals surface area contributed by atoms with Gasteiger partial charge in [0.2, 0.25) is 5.91 Å². The molecule has 1 aliphatic carbocycles. The summed E-state index contributed by atoms with van der Waals surface area (Å²) in [4.78, 5) is 23.5. The highest BCUT2D eigenvalue weighted by atomic mass is 16.4. The lowest BCUT2D eigenvalue weighted by Crippen LogP contribution is -2.44. The highest BCUT2D eigenvalue weighted by Gasteiger charge is 2.39. The topological polar surface area (TPSA) is 66.4 Å². The minimum atomic E-state index is -0.763. The highest BCUT2D eigenvalue weighted by molar-refractivity contribution is 5.79. The van der Waals surface area contributed by atoms with Gasteiger partial charge >= 0.3 is 5.97 Å². The van der Waals surface area contributed by atoms with Crippen LogP contribution in [0.2, 0.25) is 0 Å². The van der Waals surface area contributed by atoms with Crippen molar-refractivity contribution < 1.29 is 14.7 Å². The van der Waals surface area contributed by atoms with Crippen molar-refractivity contribution in [2.45, 2.75) is 66.2 Å². The molecule has 0 radical (unpaired) electrons. The van der Waals surface area contributed by atoms with Gasteiger partial charge in [0.25, 0.3) is 0 Å². The maximum absolute atomic E-state index is 12.0. The van der Waals surface area contributed by atoms with Gasteiger partial charge in [0, 0.05) is 13.0 Å². The third-order valence-corrected chi connectivity index (χ3v) is 4.86. The van der Waals surface area contributed by atoms with Gasteiger partial charge in [-0.25, -0.2) is 0 Å². The first-order chi connectivity index (χ1) is 9.17. The molecule has 1 amide bonds. The van der Waals surface area contributed by atoms with Crippen LogP contribution in [0.5, 0.6) is 0 Å². The van der Waals surface area contributed by atoms with Crippen molar-refractivity contribution in [3.8, 4) is 0 Å². The predicted molar refractivity (Wildman–Crippen MR) is 79.4 cm³/mol. The zero-order valence-corrected chi connectivity index (χ0v) is 13.3. The summed E-state index contributed by atoms with van der Waals surface area (Å²) in [5.74, 6) is -0.519. The minimum Gasteiger partial charge on any atom is -0.481 e. The molecule has 1 saturated carbocycles. The van der Waals surface area contributed by atoms with Gasteiger partial charge in [0.05, 0.1) is 5.41 Å². The zero-order valence-electron chi connectivity index (χ0n) is 13.3. The van der Waals surface area contributed by atoms with E-state index in [9.17, 15) is 14.7 Å². The van der Waals surface area contributed by atoms with Crippen LogP contribution in [0.15, 0.2) is 0 Å². The maximum atomic E-state index is 12.0. The average molecular weight is 283 g/mol. The van der Waals surface area contributed by atoms with Crippen LogP contribution in [0.3, 0.4) is 0 Å². The molecule has 20 heavy (non-hydrogen) atoms. The van der Waals surface area contributed by atoms with E-state index >= 15 is 0 Å². The van der Waals surface area contributed by atoms with Gasteiger partial charge in [-0.3, -0.25) is 9.59 Å². The number of carbonyl (C=O) groups is 2. The second-order valence-electron chi connectivity index (χ2n) is 7.39. The number of amides is 1. The minimum absolute atomic E-state index is 0.0291. The molecule has 0 saturated heterocycles. The Bertz CT molecular complexity index is 351. The molecule has 1 aliphatic rings. The van der Waals surface area contributed by atoms with Gasteiger partial charge in [-0.05, 0) is 24.2 Å². The van der Waals surface area contributed by atoms with Gasteiger partial charge in [-0.15, -0.1) is 0 Å². The molecule has 1 atom stereocenters. The van der Waals surface area contributed by atoms with Crippen molar-refractivity contribution >= 4 is 11.9 Å². The molecule has 1 fully saturated rings. The number of rotatable bonds is 5. The monoisotopic (exact) mass is 283 g/mol. The van der Waals surface area contributed by atoms with Crippen molar-refractivity contribution in [3.63, 3.8) is 0 Å². The van der Waals surface area contributed by atoms with Crippen LogP contribution in [0.1, 0.15) is 66.2 Å². The summed E-state index contributed by atoms with van der Waals surface area (Å²) in [5.41, 5.74) is -0.647. The summed E-state index contributed by atoms with van der Waals surface area (Å²) < 4.78 is 0. The molecule has 1 unspecified atom stereocenters. The molecule has 1 rings (SSSR count). The van der Waals surface area contributed by atoms with Crippen molar-refractivity contribution in [2.24, 2.45) is 16.7 Å². The van der Waals surface area contributed by atoms with Crippen molar-refractivity contribution in [1.82, 2.24) is 5.32 Å². The third-order valence-electron chi connectivity index (χ3n) is 4.86. The fourth-order valence-corrected chi connectivity index (χ4v) is 2.62. The molecule has 116 valence electrons. The van der Waals surface area contributed by atoms with Gasteiger partial charge in [0.1, 0.15) is 0 Å². The van der Waals surface area contributed by atoms with Gasteiger partial charge in [-0.2, -0.15) is 0 Å². The summed E-state index contributed by atoms with van der Waals surface area (Å²) in [7, 11) is 0. The molecule has 0 aromatic rings. The van der Waals surface area contributed by atoms with E-state index in [1.54, 1.807) is 0 Å². The number of hydrogen-bond acceptors (Lipinski definition) is 2. The SMILES string of the molecule is CC(CC(=O)NCC1(C(=O)O)CCCCC1)C(C)(C)C. The van der Waals surface area contributed by atoms with Crippen LogP contribution in [0.25, 0.3) is 0 Å². The summed E-state index contributed by atoms with van der Waals surface area (Å²) in [6, 6.07) is 0. The van der Waals surface area contributed by atoms with Crippen LogP contribution in [0.4, 0.5) is 0 Å². The van der Waals surface area contributed by atoms with Crippen LogP contribution < -0.4 is 5.32 Å². The normalized spacial score (nSPS) is 20.2. The largest absolute Gasteiger partial charge is 0.481 e. The van der Waals surface area contributed by atoms with Crippen molar-refractivity contribution in [1.29, 1.82) is 0 Å². The Morgan fingerprint density at radius 1 is 1.20 bits per heavy atom. The van der Waals surface area contributed by atoms with Crippen LogP contribution in [0, 0.1) is 16.7 Å². The lowest BCUT2D eigenvalue weighted by Gasteiger charge is -2.33. The van der Waals surface area contributed by atoms with E-state index in [1.165, 1.54) is 0 Å². The molecule has 0 aromatic carbocycles. The molecule has 0 aromatic heterocycles. The Morgan fingerprint density at radius 2 is 1.75 bits per heavy atom. The summed E-state index contributed by atoms with van der Waals surface area (Å²) in [6.45, 7) is 8.69. The standard InChI is InChI=1S/C16H29NO3/c1-12(15(2,3)4)10-13(18)17-11-16(14(19)20)8-6-5-7-9-16/h12H,5-11H2,1-4H3,(H,17,18)(H,19,20). The maximum Gasteiger partial charge on any atom is 0.311 e. The third kappa shape index (κ3) is 4.50. The molecule has 0 heterocycles. The smallest absolute Gasteiger partial charge is 0.311 e. The second-order valence-corrected chi connectivity index (χ2v) is 7.39. The number of carbonyl (C=O) groups excluding carboxylic acids is 1. The van der Waals surface area contributed by atoms with Gasteiger partial charge < -0.3 is 10.4 Å². The van der Waals surface area contributed by atoms with Gasteiger partial charge in [-0.1, -0.05) is 47.0 Å². The summed E-state index contributed by atoms with van der Waals surface area (Å²) >= 11 is 0. The molecular weight excluding hydrogens is 254 g/mol. The lowest BCUT2D eigenvalue weighted by molar-refractivity contribution is -0.151. The van der Waals surface area contributed by atoms with E-state index < -0.39 is 11.4 Å². The van der Waals surface area contributed by atoms with E-state index in [2.05, 4.69) is 33.0 Å². The average Bonchev–Trinajstić information content (AvgIpc) is 2.36. The van der Waals surface area contributed by atoms with E-state index in [4.69, 9.17) is 0 Å². The van der Waals surface area contributed by atoms with E-state index in [0.29, 0.717) is 19.3 Å². The Hall–Kier alpha value is -1.06. The van der Waals surface area contributed by atoms with Crippen molar-refractivity contribution in [2.75, 3.05) is 6.54 Å². The Balaban J connectivity index is 2.52. The van der Waals surface area contributed by atoms with Crippen LogP contribution >= 0.6 is 0 Å². The Morgan fingerprint density at radius 3 is 2.20 bits per heavy atom. The molecule has 4 heteroatoms. The molecule has 2 N–H and O–H groups in total. The number of carboxylic acids is 1. The fraction of sp³-hybridized carbons (Fsp3) is 0.875. The number of aliphatic carboxylic acids is 1. The quantitative estimate of drug-likeness (QED) is 0.814. The molecular formula is C16H29NO3. The fourth-order valence-electron chi connectivity index (χ4n) is 2.62. The van der Waals surface area contributed by atoms with Crippen LogP contribution in [-0.2, 0) is 9.59 Å². The molecule has 0 aliphatic heterocycles. The summed E-state index contributed by atoms with van der Waals surface area (Å²) in [5, 5.41) is 12.3. The Labute approximate surface area is 122 Å². The van der Waals surface area contributed by atoms with E-state index in [0.717, 1.165) is 19.3 Å². The number of carboxylic acid groups (broad SMARTS) is 1. The summed E-state index contributed by atoms with van der Waals surface area (Å²) in [6.07, 6.45) is 4.80. The number of nitrogens with one attached hydrogen (secondary N) is 1. The molecule has 0 spiro atoms.